The Labute approximate surface area is 204 Å². The smallest absolute Gasteiger partial charge is 0.343 e. The van der Waals surface area contributed by atoms with Crippen molar-refractivity contribution in [2.75, 3.05) is 6.61 Å². The molecule has 0 bridgehead atoms. The van der Waals surface area contributed by atoms with Crippen molar-refractivity contribution in [3.8, 4) is 11.5 Å². The molecule has 0 aliphatic heterocycles. The summed E-state index contributed by atoms with van der Waals surface area (Å²) in [7, 11) is 0. The molecule has 0 saturated heterocycles. The first-order valence-corrected chi connectivity index (χ1v) is 11.4. The zero-order chi connectivity index (χ0) is 24.6. The Morgan fingerprint density at radius 1 is 0.886 bits per heavy atom. The van der Waals surface area contributed by atoms with Crippen LogP contribution in [0.15, 0.2) is 90.0 Å². The molecule has 0 aliphatic rings. The maximum atomic E-state index is 12.7. The van der Waals surface area contributed by atoms with Crippen LogP contribution in [0.2, 0.25) is 0 Å². The van der Waals surface area contributed by atoms with Crippen molar-refractivity contribution in [2.24, 2.45) is 5.10 Å². The minimum Gasteiger partial charge on any atom is -0.494 e. The lowest BCUT2D eigenvalue weighted by Gasteiger charge is -2.11. The van der Waals surface area contributed by atoms with Crippen LogP contribution >= 0.6 is 0 Å². The quantitative estimate of drug-likeness (QED) is 0.151. The first kappa shape index (κ1) is 23.7. The summed E-state index contributed by atoms with van der Waals surface area (Å²) >= 11 is 0. The molecule has 6 nitrogen and oxygen atoms in total. The van der Waals surface area contributed by atoms with Crippen molar-refractivity contribution in [3.05, 3.63) is 107 Å². The number of esters is 1. The van der Waals surface area contributed by atoms with Crippen molar-refractivity contribution >= 4 is 28.9 Å². The molecule has 0 fully saturated rings. The van der Waals surface area contributed by atoms with E-state index in [4.69, 9.17) is 9.47 Å². The van der Waals surface area contributed by atoms with E-state index in [1.165, 1.54) is 6.21 Å². The molecule has 0 aliphatic carbocycles. The number of hydrogen-bond donors (Lipinski definition) is 1. The van der Waals surface area contributed by atoms with Crippen LogP contribution in [0.1, 0.15) is 45.2 Å². The van der Waals surface area contributed by atoms with Crippen LogP contribution in [-0.4, -0.2) is 24.7 Å². The molecular formula is C29H26N2O4. The number of fused-ring (bicyclic) bond motifs is 1. The number of nitrogens with zero attached hydrogens (tertiary/aromatic N) is 1. The van der Waals surface area contributed by atoms with Gasteiger partial charge in [0.2, 0.25) is 0 Å². The van der Waals surface area contributed by atoms with Crippen LogP contribution in [-0.2, 0) is 0 Å². The van der Waals surface area contributed by atoms with Gasteiger partial charge < -0.3 is 9.47 Å². The highest BCUT2D eigenvalue weighted by Gasteiger charge is 2.14. The SMILES string of the molecule is CCCOc1ccc(C(=O)N/N=C\c2c(OC(=O)c3ccc(C)cc3)ccc3ccccc23)cc1. The Bertz CT molecular complexity index is 1360. The van der Waals surface area contributed by atoms with Crippen molar-refractivity contribution < 1.29 is 19.1 Å². The summed E-state index contributed by atoms with van der Waals surface area (Å²) in [5.74, 6) is 0.235. The van der Waals surface area contributed by atoms with Crippen LogP contribution < -0.4 is 14.9 Å². The third-order valence-electron chi connectivity index (χ3n) is 5.37. The first-order chi connectivity index (χ1) is 17.0. The molecule has 1 N–H and O–H groups in total. The van der Waals surface area contributed by atoms with E-state index in [1.807, 2.05) is 56.3 Å². The second kappa shape index (κ2) is 11.1. The molecule has 4 aromatic carbocycles. The van der Waals surface area contributed by atoms with Gasteiger partial charge in [-0.3, -0.25) is 4.79 Å². The average Bonchev–Trinajstić information content (AvgIpc) is 2.89. The minimum absolute atomic E-state index is 0.352. The third kappa shape index (κ3) is 5.92. The van der Waals surface area contributed by atoms with E-state index in [-0.39, 0.29) is 5.91 Å². The normalized spacial score (nSPS) is 10.9. The molecule has 0 heterocycles. The van der Waals surface area contributed by atoms with Crippen molar-refractivity contribution in [1.82, 2.24) is 5.43 Å². The Morgan fingerprint density at radius 2 is 1.60 bits per heavy atom. The van der Waals surface area contributed by atoms with E-state index in [2.05, 4.69) is 10.5 Å². The number of hydrogen-bond acceptors (Lipinski definition) is 5. The number of ether oxygens (including phenoxy) is 2. The number of benzene rings is 4. The van der Waals surface area contributed by atoms with Gasteiger partial charge in [-0.15, -0.1) is 0 Å². The second-order valence-corrected chi connectivity index (χ2v) is 8.03. The molecule has 0 radical (unpaired) electrons. The molecule has 6 heteroatoms. The maximum Gasteiger partial charge on any atom is 0.343 e. The monoisotopic (exact) mass is 466 g/mol. The summed E-state index contributed by atoms with van der Waals surface area (Å²) in [6.07, 6.45) is 2.41. The minimum atomic E-state index is -0.468. The number of aryl methyl sites for hydroxylation is 1. The van der Waals surface area contributed by atoms with Gasteiger partial charge in [-0.2, -0.15) is 5.10 Å². The Balaban J connectivity index is 1.54. The average molecular weight is 467 g/mol. The predicted molar refractivity (Wildman–Crippen MR) is 137 cm³/mol. The Kier molecular flexibility index (Phi) is 7.53. The van der Waals surface area contributed by atoms with E-state index < -0.39 is 5.97 Å². The molecule has 35 heavy (non-hydrogen) atoms. The fraction of sp³-hybridized carbons (Fsp3) is 0.138. The molecule has 4 aromatic rings. The van der Waals surface area contributed by atoms with Crippen LogP contribution in [0.5, 0.6) is 11.5 Å². The van der Waals surface area contributed by atoms with Crippen molar-refractivity contribution in [2.45, 2.75) is 20.3 Å². The summed E-state index contributed by atoms with van der Waals surface area (Å²) in [6, 6.07) is 25.3. The summed E-state index contributed by atoms with van der Waals surface area (Å²) in [5.41, 5.74) is 5.09. The highest BCUT2D eigenvalue weighted by molar-refractivity contribution is 6.04. The van der Waals surface area contributed by atoms with Gasteiger partial charge in [0, 0.05) is 11.1 Å². The fourth-order valence-electron chi connectivity index (χ4n) is 3.49. The van der Waals surface area contributed by atoms with Gasteiger partial charge in [-0.25, -0.2) is 10.2 Å². The highest BCUT2D eigenvalue weighted by Crippen LogP contribution is 2.27. The van der Waals surface area contributed by atoms with Gasteiger partial charge in [0.05, 0.1) is 18.4 Å². The van der Waals surface area contributed by atoms with Gasteiger partial charge >= 0.3 is 5.97 Å². The summed E-state index contributed by atoms with van der Waals surface area (Å²) in [6.45, 7) is 4.61. The lowest BCUT2D eigenvalue weighted by molar-refractivity contribution is 0.0734. The summed E-state index contributed by atoms with van der Waals surface area (Å²) in [4.78, 5) is 25.3. The second-order valence-electron chi connectivity index (χ2n) is 8.03. The molecule has 4 rings (SSSR count). The van der Waals surface area contributed by atoms with Crippen LogP contribution in [0.25, 0.3) is 10.8 Å². The van der Waals surface area contributed by atoms with Gasteiger partial charge in [0.1, 0.15) is 11.5 Å². The Hall–Kier alpha value is -4.45. The van der Waals surface area contributed by atoms with Crippen LogP contribution in [0.4, 0.5) is 0 Å². The van der Waals surface area contributed by atoms with Crippen LogP contribution in [0, 0.1) is 6.92 Å². The topological polar surface area (TPSA) is 77.0 Å². The van der Waals surface area contributed by atoms with Gasteiger partial charge in [0.15, 0.2) is 0 Å². The van der Waals surface area contributed by atoms with E-state index >= 15 is 0 Å². The summed E-state index contributed by atoms with van der Waals surface area (Å²) in [5, 5.41) is 5.95. The van der Waals surface area contributed by atoms with Crippen molar-refractivity contribution in [1.29, 1.82) is 0 Å². The van der Waals surface area contributed by atoms with E-state index in [9.17, 15) is 9.59 Å². The molecule has 0 spiro atoms. The molecule has 0 saturated carbocycles. The van der Waals surface area contributed by atoms with Crippen molar-refractivity contribution in [3.63, 3.8) is 0 Å². The molecule has 0 atom stereocenters. The predicted octanol–water partition coefficient (Wildman–Crippen LogP) is 5.92. The number of carbonyl (C=O) groups is 2. The lowest BCUT2D eigenvalue weighted by Crippen LogP contribution is -2.17. The maximum absolute atomic E-state index is 12.7. The number of rotatable bonds is 8. The standard InChI is InChI=1S/C29H26N2O4/c1-3-18-34-24-15-12-22(13-16-24)28(32)31-30-19-26-25-7-5-4-6-21(25)14-17-27(26)35-29(33)23-10-8-20(2)9-11-23/h4-17,19H,3,18H2,1-2H3,(H,31,32)/b30-19-. The number of carbonyl (C=O) groups excluding carboxylic acids is 2. The van der Waals surface area contributed by atoms with E-state index in [0.717, 1.165) is 22.8 Å². The number of amides is 1. The van der Waals surface area contributed by atoms with Gasteiger partial charge in [-0.05, 0) is 66.6 Å². The fourth-order valence-corrected chi connectivity index (χ4v) is 3.49. The van der Waals surface area contributed by atoms with Gasteiger partial charge in [0.25, 0.3) is 5.91 Å². The first-order valence-electron chi connectivity index (χ1n) is 11.4. The zero-order valence-corrected chi connectivity index (χ0v) is 19.7. The van der Waals surface area contributed by atoms with E-state index in [1.54, 1.807) is 42.5 Å². The molecule has 176 valence electrons. The van der Waals surface area contributed by atoms with Gasteiger partial charge in [-0.1, -0.05) is 55.0 Å². The van der Waals surface area contributed by atoms with E-state index in [0.29, 0.717) is 34.8 Å². The highest BCUT2D eigenvalue weighted by atomic mass is 16.5. The molecule has 0 aromatic heterocycles. The molecule has 1 amide bonds. The zero-order valence-electron chi connectivity index (χ0n) is 19.7. The number of hydrazone groups is 1. The summed E-state index contributed by atoms with van der Waals surface area (Å²) < 4.78 is 11.3. The molecule has 0 unspecified atom stereocenters. The van der Waals surface area contributed by atoms with Crippen LogP contribution in [0.3, 0.4) is 0 Å². The lowest BCUT2D eigenvalue weighted by atomic mass is 10.0. The molecular weight excluding hydrogens is 440 g/mol. The number of nitrogens with one attached hydrogen (secondary N) is 1. The third-order valence-corrected chi connectivity index (χ3v) is 5.37. The Morgan fingerprint density at radius 3 is 2.34 bits per heavy atom. The largest absolute Gasteiger partial charge is 0.494 e.